The van der Waals surface area contributed by atoms with Crippen LogP contribution in [0, 0.1) is 0 Å². The van der Waals surface area contributed by atoms with Crippen LogP contribution >= 0.6 is 0 Å². The van der Waals surface area contributed by atoms with E-state index < -0.39 is 97.1 Å². The van der Waals surface area contributed by atoms with Crippen molar-refractivity contribution in [2.45, 2.75) is 116 Å². The smallest absolute Gasteiger partial charge is 0.407 e. The van der Waals surface area contributed by atoms with Crippen molar-refractivity contribution in [3.63, 3.8) is 0 Å². The van der Waals surface area contributed by atoms with Crippen LogP contribution in [0.4, 0.5) is 4.79 Å². The number of ether oxygens (including phenoxy) is 8. The summed E-state index contributed by atoms with van der Waals surface area (Å²) in [6.07, 6.45) is -6.66. The molecule has 294 valence electrons. The SMILES string of the molecule is CCOC(=O)C1(OC(C)=O)C[C@H](OC(C)=O)[C@@H](NC(=O)CCCCCNC(=O)OCc2ccccc2)[C@H]([C@H](OC(C)=O)[C@@H](COC(C)=O)OC(C)=O)O1. The molecule has 2 N–H and O–H groups in total. The standard InChI is InChI=1S/C35H48N2O16/c1-7-46-33(44)35(52-25(6)42)18-27(49-22(3)39)30(32(53-35)31(51-24(5)41)28(50-23(4)40)20-47-21(2)38)37-29(43)16-12-9-13-17-36-34(45)48-19-26-14-10-8-11-15-26/h8,10-11,14-15,27-28,30-32H,7,9,12-13,16-20H2,1-6H3,(H,36,45)(H,37,43)/t27-,28+,30+,31+,32+,35?/m0/s1. The maximum atomic E-state index is 13.4. The normalized spacial score (nSPS) is 20.3. The first-order valence-corrected chi connectivity index (χ1v) is 17.0. The van der Waals surface area contributed by atoms with Crippen LogP contribution in [0.15, 0.2) is 30.3 Å². The molecular formula is C35H48N2O16. The molecule has 0 aliphatic carbocycles. The molecule has 2 rings (SSSR count). The van der Waals surface area contributed by atoms with Gasteiger partial charge in [-0.1, -0.05) is 36.8 Å². The zero-order chi connectivity index (χ0) is 39.6. The molecule has 1 heterocycles. The van der Waals surface area contributed by atoms with Gasteiger partial charge in [-0.05, 0) is 25.3 Å². The van der Waals surface area contributed by atoms with Crippen molar-refractivity contribution >= 4 is 47.8 Å². The van der Waals surface area contributed by atoms with Gasteiger partial charge in [0.2, 0.25) is 5.91 Å². The number of benzene rings is 1. The molecule has 0 radical (unpaired) electrons. The van der Waals surface area contributed by atoms with Gasteiger partial charge in [0.15, 0.2) is 12.2 Å². The van der Waals surface area contributed by atoms with E-state index in [-0.39, 0.29) is 26.2 Å². The number of hydrogen-bond acceptors (Lipinski definition) is 16. The number of alkyl carbamates (subject to hydrolysis) is 1. The molecule has 18 heteroatoms. The summed E-state index contributed by atoms with van der Waals surface area (Å²) in [6.45, 7) is 6.11. The van der Waals surface area contributed by atoms with Crippen LogP contribution in [0.25, 0.3) is 0 Å². The lowest BCUT2D eigenvalue weighted by Crippen LogP contribution is -2.69. The van der Waals surface area contributed by atoms with E-state index in [1.54, 1.807) is 0 Å². The minimum atomic E-state index is -2.61. The summed E-state index contributed by atoms with van der Waals surface area (Å²) in [6, 6.07) is 7.71. The number of esters is 6. The summed E-state index contributed by atoms with van der Waals surface area (Å²) in [5.74, 6) is -8.96. The second-order valence-electron chi connectivity index (χ2n) is 11.9. The highest BCUT2D eigenvalue weighted by atomic mass is 16.8. The molecule has 53 heavy (non-hydrogen) atoms. The highest BCUT2D eigenvalue weighted by Crippen LogP contribution is 2.37. The zero-order valence-corrected chi connectivity index (χ0v) is 30.7. The molecule has 0 aromatic heterocycles. The Morgan fingerprint density at radius 2 is 1.49 bits per heavy atom. The summed E-state index contributed by atoms with van der Waals surface area (Å²) < 4.78 is 43.2. The Labute approximate surface area is 306 Å². The van der Waals surface area contributed by atoms with E-state index in [2.05, 4.69) is 10.6 Å². The average molecular weight is 753 g/mol. The topological polar surface area (TPSA) is 234 Å². The number of carbonyl (C=O) groups excluding carboxylic acids is 8. The average Bonchev–Trinajstić information content (AvgIpc) is 3.07. The Balaban J connectivity index is 2.35. The third-order valence-electron chi connectivity index (χ3n) is 7.41. The molecule has 1 fully saturated rings. The fraction of sp³-hybridized carbons (Fsp3) is 0.600. The Hall–Kier alpha value is -5.26. The fourth-order valence-electron chi connectivity index (χ4n) is 5.40. The van der Waals surface area contributed by atoms with Gasteiger partial charge in [0.1, 0.15) is 25.4 Å². The van der Waals surface area contributed by atoms with E-state index in [4.69, 9.17) is 37.9 Å². The minimum Gasteiger partial charge on any atom is -0.462 e. The summed E-state index contributed by atoms with van der Waals surface area (Å²) in [4.78, 5) is 99.9. The first-order chi connectivity index (χ1) is 25.1. The zero-order valence-electron chi connectivity index (χ0n) is 30.7. The maximum absolute atomic E-state index is 13.4. The number of nitrogens with one attached hydrogen (secondary N) is 2. The Morgan fingerprint density at radius 1 is 0.811 bits per heavy atom. The van der Waals surface area contributed by atoms with Gasteiger partial charge in [-0.25, -0.2) is 9.59 Å². The molecule has 1 aliphatic heterocycles. The van der Waals surface area contributed by atoms with E-state index >= 15 is 0 Å². The molecule has 0 bridgehead atoms. The first kappa shape index (κ1) is 43.9. The first-order valence-electron chi connectivity index (χ1n) is 17.0. The second-order valence-corrected chi connectivity index (χ2v) is 11.9. The summed E-state index contributed by atoms with van der Waals surface area (Å²) in [7, 11) is 0. The lowest BCUT2D eigenvalue weighted by atomic mass is 9.87. The molecular weight excluding hydrogens is 704 g/mol. The molecule has 1 aliphatic rings. The molecule has 18 nitrogen and oxygen atoms in total. The lowest BCUT2D eigenvalue weighted by molar-refractivity contribution is -0.304. The van der Waals surface area contributed by atoms with Gasteiger partial charge in [-0.3, -0.25) is 28.8 Å². The quantitative estimate of drug-likeness (QED) is 0.117. The predicted molar refractivity (Wildman–Crippen MR) is 179 cm³/mol. The Bertz CT molecular complexity index is 1440. The van der Waals surface area contributed by atoms with E-state index in [0.29, 0.717) is 19.3 Å². The number of unbranched alkanes of at least 4 members (excludes halogenated alkanes) is 2. The predicted octanol–water partition coefficient (Wildman–Crippen LogP) is 1.93. The van der Waals surface area contributed by atoms with Gasteiger partial charge in [0.25, 0.3) is 0 Å². The van der Waals surface area contributed by atoms with E-state index in [1.165, 1.54) is 6.92 Å². The van der Waals surface area contributed by atoms with Gasteiger partial charge >= 0.3 is 47.7 Å². The Kier molecular flexibility index (Phi) is 18.2. The van der Waals surface area contributed by atoms with Crippen molar-refractivity contribution in [3.8, 4) is 0 Å². The fourth-order valence-corrected chi connectivity index (χ4v) is 5.40. The summed E-state index contributed by atoms with van der Waals surface area (Å²) in [5, 5.41) is 5.33. The highest BCUT2D eigenvalue weighted by Gasteiger charge is 2.60. The van der Waals surface area contributed by atoms with Crippen molar-refractivity contribution in [1.29, 1.82) is 0 Å². The highest BCUT2D eigenvalue weighted by molar-refractivity contribution is 5.82. The van der Waals surface area contributed by atoms with Crippen LogP contribution < -0.4 is 10.6 Å². The van der Waals surface area contributed by atoms with Gasteiger partial charge in [-0.2, -0.15) is 0 Å². The number of rotatable bonds is 19. The largest absolute Gasteiger partial charge is 0.462 e. The third-order valence-corrected chi connectivity index (χ3v) is 7.41. The number of hydrogen-bond donors (Lipinski definition) is 2. The second kappa shape index (κ2) is 22.0. The van der Waals surface area contributed by atoms with Gasteiger partial charge < -0.3 is 48.5 Å². The molecule has 2 amide bonds. The summed E-state index contributed by atoms with van der Waals surface area (Å²) in [5.41, 5.74) is 0.832. The monoisotopic (exact) mass is 752 g/mol. The lowest BCUT2D eigenvalue weighted by Gasteiger charge is -2.48. The van der Waals surface area contributed by atoms with Gasteiger partial charge in [0, 0.05) is 47.6 Å². The molecule has 1 saturated heterocycles. The van der Waals surface area contributed by atoms with Gasteiger partial charge in [-0.15, -0.1) is 0 Å². The van der Waals surface area contributed by atoms with Crippen molar-refractivity contribution < 1.29 is 76.3 Å². The van der Waals surface area contributed by atoms with E-state index in [0.717, 1.165) is 40.2 Å². The van der Waals surface area contributed by atoms with Gasteiger partial charge in [0.05, 0.1) is 19.1 Å². The molecule has 0 spiro atoms. The van der Waals surface area contributed by atoms with Crippen LogP contribution in [0.5, 0.6) is 0 Å². The van der Waals surface area contributed by atoms with Crippen LogP contribution in [0.2, 0.25) is 0 Å². The van der Waals surface area contributed by atoms with Crippen LogP contribution in [-0.2, 0) is 78.1 Å². The van der Waals surface area contributed by atoms with Crippen molar-refractivity contribution in [1.82, 2.24) is 10.6 Å². The third kappa shape index (κ3) is 15.5. The van der Waals surface area contributed by atoms with Crippen LogP contribution in [-0.4, -0.2) is 104 Å². The van der Waals surface area contributed by atoms with Crippen LogP contribution in [0.1, 0.15) is 79.2 Å². The summed E-state index contributed by atoms with van der Waals surface area (Å²) >= 11 is 0. The van der Waals surface area contributed by atoms with Crippen LogP contribution in [0.3, 0.4) is 0 Å². The van der Waals surface area contributed by atoms with E-state index in [9.17, 15) is 38.4 Å². The molecule has 1 unspecified atom stereocenters. The maximum Gasteiger partial charge on any atom is 0.407 e. The molecule has 1 aromatic carbocycles. The molecule has 0 saturated carbocycles. The van der Waals surface area contributed by atoms with Crippen molar-refractivity contribution in [2.24, 2.45) is 0 Å². The minimum absolute atomic E-state index is 0.0829. The van der Waals surface area contributed by atoms with Crippen molar-refractivity contribution in [3.05, 3.63) is 35.9 Å². The molecule has 6 atom stereocenters. The molecule has 1 aromatic rings. The van der Waals surface area contributed by atoms with Crippen molar-refractivity contribution in [2.75, 3.05) is 19.8 Å². The number of carbonyl (C=O) groups is 8. The number of amides is 2. The Morgan fingerprint density at radius 3 is 2.08 bits per heavy atom. The van der Waals surface area contributed by atoms with E-state index in [1.807, 2.05) is 30.3 Å².